The predicted octanol–water partition coefficient (Wildman–Crippen LogP) is 6.09. The van der Waals surface area contributed by atoms with Gasteiger partial charge in [0.15, 0.2) is 0 Å². The van der Waals surface area contributed by atoms with E-state index < -0.39 is 0 Å². The zero-order valence-electron chi connectivity index (χ0n) is 14.2. The molecule has 0 N–H and O–H groups in total. The van der Waals surface area contributed by atoms with Gasteiger partial charge in [0.1, 0.15) is 17.6 Å². The highest BCUT2D eigenvalue weighted by Crippen LogP contribution is 2.34. The van der Waals surface area contributed by atoms with Gasteiger partial charge in [0.25, 0.3) is 0 Å². The van der Waals surface area contributed by atoms with Crippen LogP contribution in [0.2, 0.25) is 0 Å². The smallest absolute Gasteiger partial charge is 0.141 e. The van der Waals surface area contributed by atoms with Gasteiger partial charge >= 0.3 is 0 Å². The Labute approximate surface area is 160 Å². The van der Waals surface area contributed by atoms with Gasteiger partial charge in [-0.25, -0.2) is 0 Å². The predicted molar refractivity (Wildman–Crippen MR) is 105 cm³/mol. The van der Waals surface area contributed by atoms with E-state index in [2.05, 4.69) is 57.6 Å². The van der Waals surface area contributed by atoms with Gasteiger partial charge in [-0.3, -0.25) is 4.98 Å². The fourth-order valence-corrected chi connectivity index (χ4v) is 3.49. The molecule has 1 aromatic carbocycles. The average Bonchev–Trinajstić information content (AvgIpc) is 2.50. The van der Waals surface area contributed by atoms with Crippen molar-refractivity contribution in [2.45, 2.75) is 26.9 Å². The van der Waals surface area contributed by atoms with Crippen LogP contribution >= 0.6 is 31.9 Å². The molecule has 0 bridgehead atoms. The molecule has 1 unspecified atom stereocenters. The molecule has 1 aromatic heterocycles. The van der Waals surface area contributed by atoms with E-state index in [0.717, 1.165) is 26.0 Å². The number of aromatic nitrogens is 1. The van der Waals surface area contributed by atoms with Crippen LogP contribution < -0.4 is 4.74 Å². The number of halogens is 2. The van der Waals surface area contributed by atoms with Crippen LogP contribution in [-0.4, -0.2) is 18.2 Å². The Bertz CT molecular complexity index is 709. The largest absolute Gasteiger partial charge is 0.458 e. The van der Waals surface area contributed by atoms with Crippen molar-refractivity contribution >= 4 is 37.9 Å². The van der Waals surface area contributed by atoms with Crippen molar-refractivity contribution in [2.24, 2.45) is 5.41 Å². The van der Waals surface area contributed by atoms with Crippen molar-refractivity contribution < 1.29 is 9.47 Å². The Morgan fingerprint density at radius 2 is 1.96 bits per heavy atom. The molecule has 0 amide bonds. The van der Waals surface area contributed by atoms with Crippen molar-refractivity contribution in [3.05, 3.63) is 63.0 Å². The SMILES string of the molecule is COC(/C(=C\c1cccnc1)Oc1ccc(Br)cc1Br)C(C)(C)C. The summed E-state index contributed by atoms with van der Waals surface area (Å²) in [5.41, 5.74) is 0.844. The summed E-state index contributed by atoms with van der Waals surface area (Å²) >= 11 is 7.00. The van der Waals surface area contributed by atoms with Gasteiger partial charge in [-0.15, -0.1) is 0 Å². The highest BCUT2D eigenvalue weighted by molar-refractivity contribution is 9.11. The minimum atomic E-state index is -0.201. The number of hydrogen-bond donors (Lipinski definition) is 0. The second kappa shape index (κ2) is 8.28. The molecule has 0 aliphatic rings. The van der Waals surface area contributed by atoms with Crippen LogP contribution in [0, 0.1) is 5.41 Å². The second-order valence-corrected chi connectivity index (χ2v) is 8.26. The molecule has 128 valence electrons. The molecule has 1 atom stereocenters. The summed E-state index contributed by atoms with van der Waals surface area (Å²) in [5.74, 6) is 1.47. The normalized spacial score (nSPS) is 13.7. The van der Waals surface area contributed by atoms with Gasteiger partial charge in [-0.1, -0.05) is 42.8 Å². The maximum Gasteiger partial charge on any atom is 0.141 e. The molecule has 0 fully saturated rings. The lowest BCUT2D eigenvalue weighted by molar-refractivity contribution is 0.0206. The Balaban J connectivity index is 2.44. The lowest BCUT2D eigenvalue weighted by Gasteiger charge is -2.31. The fourth-order valence-electron chi connectivity index (χ4n) is 2.37. The van der Waals surface area contributed by atoms with Gasteiger partial charge in [-0.2, -0.15) is 0 Å². The van der Waals surface area contributed by atoms with E-state index in [1.807, 2.05) is 36.4 Å². The van der Waals surface area contributed by atoms with E-state index in [1.165, 1.54) is 0 Å². The summed E-state index contributed by atoms with van der Waals surface area (Å²) in [5, 5.41) is 0. The van der Waals surface area contributed by atoms with Gasteiger partial charge in [0.05, 0.1) is 4.47 Å². The number of benzene rings is 1. The van der Waals surface area contributed by atoms with Gasteiger partial charge in [0, 0.05) is 24.0 Å². The van der Waals surface area contributed by atoms with Crippen LogP contribution in [-0.2, 0) is 4.74 Å². The van der Waals surface area contributed by atoms with E-state index in [4.69, 9.17) is 9.47 Å². The van der Waals surface area contributed by atoms with Crippen LogP contribution in [0.25, 0.3) is 6.08 Å². The lowest BCUT2D eigenvalue weighted by atomic mass is 9.87. The molecule has 0 saturated carbocycles. The van der Waals surface area contributed by atoms with Crippen molar-refractivity contribution in [3.8, 4) is 5.75 Å². The molecule has 0 aliphatic heterocycles. The highest BCUT2D eigenvalue weighted by Gasteiger charge is 2.30. The molecule has 0 aliphatic carbocycles. The molecule has 5 heteroatoms. The van der Waals surface area contributed by atoms with Crippen LogP contribution in [0.4, 0.5) is 0 Å². The maximum absolute atomic E-state index is 6.22. The molecular weight excluding hydrogens is 434 g/mol. The van der Waals surface area contributed by atoms with Crippen molar-refractivity contribution in [3.63, 3.8) is 0 Å². The number of pyridine rings is 1. The Hall–Kier alpha value is -1.17. The zero-order valence-corrected chi connectivity index (χ0v) is 17.4. The maximum atomic E-state index is 6.22. The topological polar surface area (TPSA) is 31.4 Å². The molecule has 2 aromatic rings. The van der Waals surface area contributed by atoms with E-state index in [9.17, 15) is 0 Å². The van der Waals surface area contributed by atoms with Crippen LogP contribution in [0.5, 0.6) is 5.75 Å². The van der Waals surface area contributed by atoms with Gasteiger partial charge in [-0.05, 0) is 57.2 Å². The minimum absolute atomic E-state index is 0.120. The van der Waals surface area contributed by atoms with Gasteiger partial charge < -0.3 is 9.47 Å². The third-order valence-corrected chi connectivity index (χ3v) is 4.51. The average molecular weight is 455 g/mol. The van der Waals surface area contributed by atoms with E-state index in [-0.39, 0.29) is 11.5 Å². The number of nitrogens with zero attached hydrogens (tertiary/aromatic N) is 1. The first-order chi connectivity index (χ1) is 11.3. The monoisotopic (exact) mass is 453 g/mol. The van der Waals surface area contributed by atoms with Crippen LogP contribution in [0.3, 0.4) is 0 Å². The first-order valence-electron chi connectivity index (χ1n) is 7.58. The third-order valence-electron chi connectivity index (χ3n) is 3.40. The first-order valence-corrected chi connectivity index (χ1v) is 9.17. The number of ether oxygens (including phenoxy) is 2. The minimum Gasteiger partial charge on any atom is -0.458 e. The highest BCUT2D eigenvalue weighted by atomic mass is 79.9. The Morgan fingerprint density at radius 3 is 2.50 bits per heavy atom. The zero-order chi connectivity index (χ0) is 17.7. The fraction of sp³-hybridized carbons (Fsp3) is 0.316. The van der Waals surface area contributed by atoms with E-state index >= 15 is 0 Å². The third kappa shape index (κ3) is 5.16. The summed E-state index contributed by atoms with van der Waals surface area (Å²) in [6, 6.07) is 9.71. The molecule has 24 heavy (non-hydrogen) atoms. The molecule has 3 nitrogen and oxygen atoms in total. The Morgan fingerprint density at radius 1 is 1.21 bits per heavy atom. The molecule has 2 rings (SSSR count). The first kappa shape index (κ1) is 19.2. The summed E-state index contributed by atoms with van der Waals surface area (Å²) in [4.78, 5) is 4.16. The van der Waals surface area contributed by atoms with Crippen molar-refractivity contribution in [1.29, 1.82) is 0 Å². The molecular formula is C19H21Br2NO2. The molecule has 0 radical (unpaired) electrons. The second-order valence-electron chi connectivity index (χ2n) is 6.49. The summed E-state index contributed by atoms with van der Waals surface area (Å²) < 4.78 is 13.8. The standard InChI is InChI=1S/C19H21Br2NO2/c1-19(2,3)18(23-4)17(10-13-6-5-9-22-12-13)24-16-8-7-14(20)11-15(16)21/h5-12,18H,1-4H3/b17-10+. The van der Waals surface area contributed by atoms with Crippen LogP contribution in [0.1, 0.15) is 26.3 Å². The number of methoxy groups -OCH3 is 1. The quantitative estimate of drug-likeness (QED) is 0.512. The van der Waals surface area contributed by atoms with Crippen molar-refractivity contribution in [2.75, 3.05) is 7.11 Å². The summed E-state index contributed by atoms with van der Waals surface area (Å²) in [6.45, 7) is 6.37. The van der Waals surface area contributed by atoms with Crippen molar-refractivity contribution in [1.82, 2.24) is 4.98 Å². The van der Waals surface area contributed by atoms with Crippen LogP contribution in [0.15, 0.2) is 57.4 Å². The summed E-state index contributed by atoms with van der Waals surface area (Å²) in [6.07, 6.45) is 5.32. The Kier molecular flexibility index (Phi) is 6.61. The van der Waals surface area contributed by atoms with E-state index in [0.29, 0.717) is 0 Å². The number of rotatable bonds is 5. The van der Waals surface area contributed by atoms with E-state index in [1.54, 1.807) is 19.5 Å². The lowest BCUT2D eigenvalue weighted by Crippen LogP contribution is -2.32. The molecule has 1 heterocycles. The van der Waals surface area contributed by atoms with Gasteiger partial charge in [0.2, 0.25) is 0 Å². The summed E-state index contributed by atoms with van der Waals surface area (Å²) in [7, 11) is 1.70. The number of hydrogen-bond acceptors (Lipinski definition) is 3. The molecule has 0 spiro atoms. The molecule has 0 saturated heterocycles.